The first kappa shape index (κ1) is 17.0. The van der Waals surface area contributed by atoms with E-state index in [4.69, 9.17) is 0 Å². The number of aliphatic hydroxyl groups excluding tert-OH is 1. The van der Waals surface area contributed by atoms with E-state index in [1.165, 1.54) is 17.2 Å². The van der Waals surface area contributed by atoms with Crippen LogP contribution < -0.4 is 5.32 Å². The molecule has 0 saturated carbocycles. The highest BCUT2D eigenvalue weighted by atomic mass is 19.1. The average molecular weight is 354 g/mol. The van der Waals surface area contributed by atoms with Gasteiger partial charge in [0.15, 0.2) is 0 Å². The van der Waals surface area contributed by atoms with Crippen LogP contribution in [0.1, 0.15) is 11.1 Å². The van der Waals surface area contributed by atoms with Crippen molar-refractivity contribution in [1.29, 1.82) is 0 Å². The third-order valence-electron chi connectivity index (χ3n) is 5.02. The summed E-state index contributed by atoms with van der Waals surface area (Å²) in [7, 11) is 1.77. The van der Waals surface area contributed by atoms with Crippen LogP contribution in [0.15, 0.2) is 42.5 Å². The SMILES string of the molecule is Cn1c(NC[C@H](O)CN2CCc3ccccc3C2)nc2cccc(F)c21. The molecule has 26 heavy (non-hydrogen) atoms. The lowest BCUT2D eigenvalue weighted by atomic mass is 10.00. The van der Waals surface area contributed by atoms with E-state index in [9.17, 15) is 9.50 Å². The Hall–Kier alpha value is -2.44. The molecule has 2 aromatic carbocycles. The second kappa shape index (κ2) is 7.05. The van der Waals surface area contributed by atoms with Gasteiger partial charge in [0, 0.05) is 33.2 Å². The van der Waals surface area contributed by atoms with E-state index in [2.05, 4.69) is 39.5 Å². The lowest BCUT2D eigenvalue weighted by molar-refractivity contribution is 0.114. The number of nitrogens with zero attached hydrogens (tertiary/aromatic N) is 3. The summed E-state index contributed by atoms with van der Waals surface area (Å²) in [5, 5.41) is 13.6. The minimum Gasteiger partial charge on any atom is -0.390 e. The number of rotatable bonds is 5. The molecule has 0 bridgehead atoms. The maximum atomic E-state index is 13.9. The number of aliphatic hydroxyl groups is 1. The monoisotopic (exact) mass is 354 g/mol. The molecule has 2 N–H and O–H groups in total. The van der Waals surface area contributed by atoms with Crippen LogP contribution in [0.3, 0.4) is 0 Å². The molecule has 4 rings (SSSR count). The molecule has 1 atom stereocenters. The van der Waals surface area contributed by atoms with Gasteiger partial charge in [0.25, 0.3) is 0 Å². The van der Waals surface area contributed by atoms with Crippen LogP contribution in [-0.2, 0) is 20.0 Å². The molecule has 0 spiro atoms. The molecule has 5 nitrogen and oxygen atoms in total. The second-order valence-electron chi connectivity index (χ2n) is 6.89. The van der Waals surface area contributed by atoms with Crippen molar-refractivity contribution in [2.45, 2.75) is 19.1 Å². The summed E-state index contributed by atoms with van der Waals surface area (Å²) in [6.45, 7) is 2.78. The first-order valence-corrected chi connectivity index (χ1v) is 8.94. The van der Waals surface area contributed by atoms with Crippen LogP contribution >= 0.6 is 0 Å². The minimum atomic E-state index is -0.523. The number of hydrogen-bond donors (Lipinski definition) is 2. The van der Waals surface area contributed by atoms with Crippen molar-refractivity contribution in [3.63, 3.8) is 0 Å². The largest absolute Gasteiger partial charge is 0.390 e. The predicted molar refractivity (Wildman–Crippen MR) is 101 cm³/mol. The Morgan fingerprint density at radius 3 is 2.81 bits per heavy atom. The summed E-state index contributed by atoms with van der Waals surface area (Å²) < 4.78 is 15.6. The van der Waals surface area contributed by atoms with Gasteiger partial charge in [-0.25, -0.2) is 9.37 Å². The number of β-amino-alcohol motifs (C(OH)–C–C–N with tert-alkyl or cyclic N) is 1. The fourth-order valence-electron chi connectivity index (χ4n) is 3.66. The molecule has 1 aliphatic rings. The van der Waals surface area contributed by atoms with Gasteiger partial charge in [-0.15, -0.1) is 0 Å². The Labute approximate surface area is 152 Å². The first-order valence-electron chi connectivity index (χ1n) is 8.94. The lowest BCUT2D eigenvalue weighted by Gasteiger charge is -2.30. The number of aromatic nitrogens is 2. The summed E-state index contributed by atoms with van der Waals surface area (Å²) in [6, 6.07) is 13.3. The molecule has 0 amide bonds. The van der Waals surface area contributed by atoms with E-state index >= 15 is 0 Å². The lowest BCUT2D eigenvalue weighted by Crippen LogP contribution is -2.39. The number of aryl methyl sites for hydroxylation is 1. The number of benzene rings is 2. The first-order chi connectivity index (χ1) is 12.6. The van der Waals surface area contributed by atoms with Gasteiger partial charge in [-0.2, -0.15) is 0 Å². The molecule has 136 valence electrons. The van der Waals surface area contributed by atoms with Crippen LogP contribution in [-0.4, -0.2) is 45.3 Å². The molecule has 0 fully saturated rings. The zero-order valence-electron chi connectivity index (χ0n) is 14.8. The van der Waals surface area contributed by atoms with Crippen molar-refractivity contribution >= 4 is 17.0 Å². The van der Waals surface area contributed by atoms with E-state index in [0.29, 0.717) is 30.1 Å². The zero-order valence-corrected chi connectivity index (χ0v) is 14.8. The molecular weight excluding hydrogens is 331 g/mol. The molecule has 0 saturated heterocycles. The van der Waals surface area contributed by atoms with Gasteiger partial charge in [0.1, 0.15) is 11.3 Å². The van der Waals surface area contributed by atoms with Gasteiger partial charge >= 0.3 is 0 Å². The fourth-order valence-corrected chi connectivity index (χ4v) is 3.66. The fraction of sp³-hybridized carbons (Fsp3) is 0.350. The highest BCUT2D eigenvalue weighted by Gasteiger charge is 2.19. The minimum absolute atomic E-state index is 0.293. The van der Waals surface area contributed by atoms with Gasteiger partial charge < -0.3 is 15.0 Å². The molecular formula is C20H23FN4O. The van der Waals surface area contributed by atoms with Crippen molar-refractivity contribution in [1.82, 2.24) is 14.5 Å². The highest BCUT2D eigenvalue weighted by molar-refractivity contribution is 5.79. The van der Waals surface area contributed by atoms with E-state index in [1.807, 2.05) is 0 Å². The Bertz CT molecular complexity index is 923. The van der Waals surface area contributed by atoms with Crippen LogP contribution in [0, 0.1) is 5.82 Å². The van der Waals surface area contributed by atoms with Crippen LogP contribution in [0.25, 0.3) is 11.0 Å². The number of para-hydroxylation sites is 1. The highest BCUT2D eigenvalue weighted by Crippen LogP contribution is 2.21. The van der Waals surface area contributed by atoms with Crippen molar-refractivity contribution in [2.75, 3.05) is 25.0 Å². The summed E-state index contributed by atoms with van der Waals surface area (Å²) in [5.41, 5.74) is 3.82. The second-order valence-corrected chi connectivity index (χ2v) is 6.89. The normalized spacial score (nSPS) is 15.8. The summed E-state index contributed by atoms with van der Waals surface area (Å²) in [6.07, 6.45) is 0.491. The molecule has 1 aliphatic heterocycles. The van der Waals surface area contributed by atoms with Crippen molar-refractivity contribution < 1.29 is 9.50 Å². The average Bonchev–Trinajstić information content (AvgIpc) is 2.97. The number of nitrogens with one attached hydrogen (secondary N) is 1. The third-order valence-corrected chi connectivity index (χ3v) is 5.02. The Balaban J connectivity index is 1.37. The third kappa shape index (κ3) is 3.30. The van der Waals surface area contributed by atoms with Gasteiger partial charge in [-0.05, 0) is 29.7 Å². The molecule has 0 unspecified atom stereocenters. The van der Waals surface area contributed by atoms with E-state index in [1.54, 1.807) is 23.7 Å². The van der Waals surface area contributed by atoms with Crippen molar-refractivity contribution in [2.24, 2.45) is 7.05 Å². The van der Waals surface area contributed by atoms with Crippen LogP contribution in [0.2, 0.25) is 0 Å². The smallest absolute Gasteiger partial charge is 0.203 e. The van der Waals surface area contributed by atoms with Gasteiger partial charge in [0.05, 0.1) is 11.6 Å². The molecule has 0 aliphatic carbocycles. The quantitative estimate of drug-likeness (QED) is 0.739. The maximum absolute atomic E-state index is 13.9. The summed E-state index contributed by atoms with van der Waals surface area (Å²) in [4.78, 5) is 6.68. The van der Waals surface area contributed by atoms with E-state index in [0.717, 1.165) is 19.5 Å². The van der Waals surface area contributed by atoms with Gasteiger partial charge in [0.2, 0.25) is 5.95 Å². The number of fused-ring (bicyclic) bond motifs is 2. The van der Waals surface area contributed by atoms with Gasteiger partial charge in [-0.1, -0.05) is 30.3 Å². The topological polar surface area (TPSA) is 53.3 Å². The Morgan fingerprint density at radius 2 is 2.00 bits per heavy atom. The van der Waals surface area contributed by atoms with Crippen molar-refractivity contribution in [3.8, 4) is 0 Å². The number of hydrogen-bond acceptors (Lipinski definition) is 4. The molecule has 0 radical (unpaired) electrons. The maximum Gasteiger partial charge on any atom is 0.203 e. The standard InChI is InChI=1S/C20H23FN4O/c1-24-19-17(21)7-4-8-18(19)23-20(24)22-11-16(26)13-25-10-9-14-5-2-3-6-15(14)12-25/h2-8,16,26H,9-13H2,1H3,(H,22,23)/t16-/m0/s1. The van der Waals surface area contributed by atoms with Gasteiger partial charge in [-0.3, -0.25) is 4.90 Å². The molecule has 3 aromatic rings. The molecule has 6 heteroatoms. The summed E-state index contributed by atoms with van der Waals surface area (Å²) in [5.74, 6) is 0.270. The van der Waals surface area contributed by atoms with Crippen molar-refractivity contribution in [3.05, 3.63) is 59.4 Å². The van der Waals surface area contributed by atoms with Crippen LogP contribution in [0.5, 0.6) is 0 Å². The summed E-state index contributed by atoms with van der Waals surface area (Å²) >= 11 is 0. The van der Waals surface area contributed by atoms with E-state index in [-0.39, 0.29) is 5.82 Å². The van der Waals surface area contributed by atoms with Crippen LogP contribution in [0.4, 0.5) is 10.3 Å². The zero-order chi connectivity index (χ0) is 18.1. The number of anilines is 1. The molecule has 2 heterocycles. The van der Waals surface area contributed by atoms with E-state index < -0.39 is 6.10 Å². The predicted octanol–water partition coefficient (Wildman–Crippen LogP) is 2.54. The Morgan fingerprint density at radius 1 is 1.19 bits per heavy atom. The Kier molecular flexibility index (Phi) is 4.61. The number of imidazole rings is 1. The number of halogens is 1. The molecule has 1 aromatic heterocycles.